The van der Waals surface area contributed by atoms with Crippen molar-refractivity contribution in [3.05, 3.63) is 29.8 Å². The van der Waals surface area contributed by atoms with Gasteiger partial charge in [-0.3, -0.25) is 9.69 Å². The summed E-state index contributed by atoms with van der Waals surface area (Å²) in [6, 6.07) is 9.70. The van der Waals surface area contributed by atoms with Crippen molar-refractivity contribution in [2.45, 2.75) is 31.7 Å². The van der Waals surface area contributed by atoms with E-state index < -0.39 is 0 Å². The molecule has 0 bridgehead atoms. The van der Waals surface area contributed by atoms with Gasteiger partial charge in [0.1, 0.15) is 0 Å². The summed E-state index contributed by atoms with van der Waals surface area (Å²) >= 11 is 0. The first-order valence-corrected chi connectivity index (χ1v) is 8.36. The maximum atomic E-state index is 12.1. The summed E-state index contributed by atoms with van der Waals surface area (Å²) in [6.45, 7) is 3.60. The fourth-order valence-corrected chi connectivity index (χ4v) is 3.02. The van der Waals surface area contributed by atoms with Crippen molar-refractivity contribution in [1.29, 1.82) is 5.26 Å². The molecule has 0 unspecified atom stereocenters. The summed E-state index contributed by atoms with van der Waals surface area (Å²) in [4.78, 5) is 14.6. The van der Waals surface area contributed by atoms with Crippen LogP contribution in [0, 0.1) is 17.2 Å². The van der Waals surface area contributed by atoms with E-state index in [0.29, 0.717) is 23.9 Å². The molecule has 0 radical (unpaired) electrons. The molecule has 2 fully saturated rings. The maximum absolute atomic E-state index is 12.1. The highest BCUT2D eigenvalue weighted by Crippen LogP contribution is 2.29. The smallest absolute Gasteiger partial charge is 0.225 e. The minimum absolute atomic E-state index is 0.0306. The van der Waals surface area contributed by atoms with Crippen LogP contribution in [0.25, 0.3) is 0 Å². The quantitative estimate of drug-likeness (QED) is 0.839. The van der Waals surface area contributed by atoms with Crippen LogP contribution < -0.4 is 5.32 Å². The number of nitrogens with one attached hydrogen (secondary N) is 1. The van der Waals surface area contributed by atoms with Crippen molar-refractivity contribution in [2.75, 3.05) is 31.6 Å². The second-order valence-corrected chi connectivity index (χ2v) is 6.44. The molecule has 1 aliphatic carbocycles. The van der Waals surface area contributed by atoms with Gasteiger partial charge in [0.25, 0.3) is 0 Å². The van der Waals surface area contributed by atoms with Crippen LogP contribution in [0.2, 0.25) is 0 Å². The highest BCUT2D eigenvalue weighted by Gasteiger charge is 2.31. The summed E-state index contributed by atoms with van der Waals surface area (Å²) in [7, 11) is 0. The largest absolute Gasteiger partial charge is 0.381 e. The molecule has 1 atom stereocenters. The third kappa shape index (κ3) is 4.78. The Labute approximate surface area is 137 Å². The Morgan fingerprint density at radius 3 is 2.70 bits per heavy atom. The van der Waals surface area contributed by atoms with Crippen LogP contribution >= 0.6 is 0 Å². The van der Waals surface area contributed by atoms with E-state index in [1.807, 2.05) is 0 Å². The molecule has 5 heteroatoms. The van der Waals surface area contributed by atoms with Gasteiger partial charge >= 0.3 is 0 Å². The van der Waals surface area contributed by atoms with Crippen LogP contribution in [0.15, 0.2) is 24.3 Å². The van der Waals surface area contributed by atoms with E-state index in [4.69, 9.17) is 10.00 Å². The number of hydrogen-bond acceptors (Lipinski definition) is 4. The van der Waals surface area contributed by atoms with Crippen LogP contribution in [0.4, 0.5) is 5.69 Å². The molecule has 122 valence electrons. The first-order chi connectivity index (χ1) is 11.2. The molecular formula is C18H23N3O2. The molecule has 1 aromatic rings. The SMILES string of the molecule is N#Cc1ccc(NC(=O)CCN(C[C@@H]2CCOC2)C2CC2)cc1. The Bertz CT molecular complexity index is 569. The molecule has 2 aliphatic rings. The lowest BCUT2D eigenvalue weighted by Gasteiger charge is -2.24. The van der Waals surface area contributed by atoms with E-state index in [9.17, 15) is 4.79 Å². The Morgan fingerprint density at radius 2 is 2.09 bits per heavy atom. The molecule has 0 aromatic heterocycles. The van der Waals surface area contributed by atoms with Crippen molar-refractivity contribution in [1.82, 2.24) is 4.90 Å². The first kappa shape index (κ1) is 16.0. The Morgan fingerprint density at radius 1 is 1.30 bits per heavy atom. The molecule has 1 heterocycles. The normalized spacial score (nSPS) is 20.4. The summed E-state index contributed by atoms with van der Waals surface area (Å²) in [5.74, 6) is 0.653. The standard InChI is InChI=1S/C18H23N3O2/c19-11-14-1-3-16(4-2-14)20-18(22)7-9-21(17-5-6-17)12-15-8-10-23-13-15/h1-4,15,17H,5-10,12-13H2,(H,20,22)/t15-/m0/s1. The number of nitriles is 1. The van der Waals surface area contributed by atoms with E-state index in [2.05, 4.69) is 16.3 Å². The number of nitrogens with zero attached hydrogens (tertiary/aromatic N) is 2. The fraction of sp³-hybridized carbons (Fsp3) is 0.556. The second-order valence-electron chi connectivity index (χ2n) is 6.44. The zero-order chi connectivity index (χ0) is 16.1. The highest BCUT2D eigenvalue weighted by molar-refractivity contribution is 5.90. The Hall–Kier alpha value is -1.90. The van der Waals surface area contributed by atoms with Crippen molar-refractivity contribution >= 4 is 11.6 Å². The van der Waals surface area contributed by atoms with Gasteiger partial charge in [-0.1, -0.05) is 0 Å². The van der Waals surface area contributed by atoms with E-state index in [-0.39, 0.29) is 5.91 Å². The summed E-state index contributed by atoms with van der Waals surface area (Å²) in [5, 5.41) is 11.7. The predicted octanol–water partition coefficient (Wildman–Crippen LogP) is 2.39. The monoisotopic (exact) mass is 313 g/mol. The number of benzene rings is 1. The van der Waals surface area contributed by atoms with Gasteiger partial charge in [-0.15, -0.1) is 0 Å². The summed E-state index contributed by atoms with van der Waals surface area (Å²) in [5.41, 5.74) is 1.35. The number of anilines is 1. The number of hydrogen-bond donors (Lipinski definition) is 1. The fourth-order valence-electron chi connectivity index (χ4n) is 3.02. The van der Waals surface area contributed by atoms with E-state index in [0.717, 1.165) is 38.4 Å². The van der Waals surface area contributed by atoms with Gasteiger partial charge in [0.2, 0.25) is 5.91 Å². The zero-order valence-electron chi connectivity index (χ0n) is 13.3. The molecule has 1 aromatic carbocycles. The molecule has 3 rings (SSSR count). The zero-order valence-corrected chi connectivity index (χ0v) is 13.3. The lowest BCUT2D eigenvalue weighted by molar-refractivity contribution is -0.116. The van der Waals surface area contributed by atoms with Gasteiger partial charge in [-0.05, 0) is 49.4 Å². The minimum Gasteiger partial charge on any atom is -0.381 e. The molecule has 1 saturated heterocycles. The van der Waals surface area contributed by atoms with Crippen molar-refractivity contribution < 1.29 is 9.53 Å². The van der Waals surface area contributed by atoms with Gasteiger partial charge in [0.15, 0.2) is 0 Å². The lowest BCUT2D eigenvalue weighted by atomic mass is 10.1. The van der Waals surface area contributed by atoms with Crippen LogP contribution in [-0.4, -0.2) is 43.2 Å². The molecule has 1 N–H and O–H groups in total. The Balaban J connectivity index is 1.45. The number of carbonyl (C=O) groups is 1. The molecule has 1 aliphatic heterocycles. The third-order valence-corrected chi connectivity index (χ3v) is 4.50. The van der Waals surface area contributed by atoms with E-state index in [1.165, 1.54) is 12.8 Å². The van der Waals surface area contributed by atoms with Crippen molar-refractivity contribution in [3.63, 3.8) is 0 Å². The number of rotatable bonds is 7. The van der Waals surface area contributed by atoms with Gasteiger partial charge in [-0.25, -0.2) is 0 Å². The third-order valence-electron chi connectivity index (χ3n) is 4.50. The van der Waals surface area contributed by atoms with Crippen LogP contribution in [-0.2, 0) is 9.53 Å². The topological polar surface area (TPSA) is 65.4 Å². The van der Waals surface area contributed by atoms with Crippen molar-refractivity contribution in [2.24, 2.45) is 5.92 Å². The number of ether oxygens (including phenoxy) is 1. The van der Waals surface area contributed by atoms with Gasteiger partial charge in [-0.2, -0.15) is 5.26 Å². The van der Waals surface area contributed by atoms with Crippen LogP contribution in [0.5, 0.6) is 0 Å². The minimum atomic E-state index is 0.0306. The number of carbonyl (C=O) groups excluding carboxylic acids is 1. The Kier molecular flexibility index (Phi) is 5.27. The van der Waals surface area contributed by atoms with Crippen molar-refractivity contribution in [3.8, 4) is 6.07 Å². The molecule has 23 heavy (non-hydrogen) atoms. The average molecular weight is 313 g/mol. The molecule has 5 nitrogen and oxygen atoms in total. The van der Waals surface area contributed by atoms with E-state index >= 15 is 0 Å². The second kappa shape index (κ2) is 7.58. The summed E-state index contributed by atoms with van der Waals surface area (Å²) < 4.78 is 5.45. The molecule has 1 amide bonds. The molecular weight excluding hydrogens is 290 g/mol. The lowest BCUT2D eigenvalue weighted by Crippen LogP contribution is -2.34. The first-order valence-electron chi connectivity index (χ1n) is 8.36. The summed E-state index contributed by atoms with van der Waals surface area (Å²) in [6.07, 6.45) is 4.15. The maximum Gasteiger partial charge on any atom is 0.225 e. The van der Waals surface area contributed by atoms with Gasteiger partial charge in [0, 0.05) is 37.8 Å². The number of amides is 1. The highest BCUT2D eigenvalue weighted by atomic mass is 16.5. The van der Waals surface area contributed by atoms with Gasteiger partial charge < -0.3 is 10.1 Å². The predicted molar refractivity (Wildman–Crippen MR) is 87.9 cm³/mol. The average Bonchev–Trinajstić information content (AvgIpc) is 3.29. The molecule has 1 saturated carbocycles. The van der Waals surface area contributed by atoms with Gasteiger partial charge in [0.05, 0.1) is 18.2 Å². The molecule has 0 spiro atoms. The van der Waals surface area contributed by atoms with Crippen LogP contribution in [0.1, 0.15) is 31.2 Å². The van der Waals surface area contributed by atoms with Crippen LogP contribution in [0.3, 0.4) is 0 Å². The van der Waals surface area contributed by atoms with E-state index in [1.54, 1.807) is 24.3 Å².